The Morgan fingerprint density at radius 3 is 2.56 bits per heavy atom. The summed E-state index contributed by atoms with van der Waals surface area (Å²) in [4.78, 5) is 0. The Morgan fingerprint density at radius 1 is 1.28 bits per heavy atom. The molecule has 0 spiro atoms. The molecule has 2 N–H and O–H groups in total. The highest BCUT2D eigenvalue weighted by molar-refractivity contribution is 5.42. The van der Waals surface area contributed by atoms with Gasteiger partial charge in [-0.1, -0.05) is 0 Å². The fraction of sp³-hybridized carbons (Fsp3) is 0.538. The number of benzene rings is 1. The van der Waals surface area contributed by atoms with Gasteiger partial charge >= 0.3 is 0 Å². The topological polar surface area (TPSA) is 35.2 Å². The average molecular weight is 259 g/mol. The lowest BCUT2D eigenvalue weighted by molar-refractivity contribution is -0.0499. The SMILES string of the molecule is Nc1ccc(OCC2CCC(F)(F)CC2)c(F)c1. The van der Waals surface area contributed by atoms with Crippen molar-refractivity contribution in [3.8, 4) is 5.75 Å². The van der Waals surface area contributed by atoms with Crippen molar-refractivity contribution in [2.45, 2.75) is 31.6 Å². The molecule has 0 aliphatic heterocycles. The van der Waals surface area contributed by atoms with Gasteiger partial charge in [-0.15, -0.1) is 0 Å². The van der Waals surface area contributed by atoms with Crippen LogP contribution >= 0.6 is 0 Å². The van der Waals surface area contributed by atoms with E-state index in [1.807, 2.05) is 0 Å². The fourth-order valence-corrected chi connectivity index (χ4v) is 2.11. The number of nitrogens with two attached hydrogens (primary N) is 1. The van der Waals surface area contributed by atoms with Crippen LogP contribution in [0.3, 0.4) is 0 Å². The maximum absolute atomic E-state index is 13.4. The first-order chi connectivity index (χ1) is 8.46. The smallest absolute Gasteiger partial charge is 0.248 e. The summed E-state index contributed by atoms with van der Waals surface area (Å²) in [7, 11) is 0. The molecule has 0 radical (unpaired) electrons. The second kappa shape index (κ2) is 5.08. The van der Waals surface area contributed by atoms with Crippen LogP contribution in [-0.4, -0.2) is 12.5 Å². The second-order valence-corrected chi connectivity index (χ2v) is 4.80. The summed E-state index contributed by atoms with van der Waals surface area (Å²) in [5.74, 6) is -2.86. The number of anilines is 1. The van der Waals surface area contributed by atoms with Crippen LogP contribution in [0.5, 0.6) is 5.75 Å². The molecule has 18 heavy (non-hydrogen) atoms. The van der Waals surface area contributed by atoms with Crippen LogP contribution in [0.15, 0.2) is 18.2 Å². The molecule has 0 atom stereocenters. The molecule has 100 valence electrons. The second-order valence-electron chi connectivity index (χ2n) is 4.80. The quantitative estimate of drug-likeness (QED) is 0.841. The lowest BCUT2D eigenvalue weighted by Gasteiger charge is -2.28. The molecule has 1 aliphatic carbocycles. The highest BCUT2D eigenvalue weighted by Gasteiger charge is 2.35. The number of alkyl halides is 2. The zero-order valence-corrected chi connectivity index (χ0v) is 9.96. The van der Waals surface area contributed by atoms with E-state index >= 15 is 0 Å². The van der Waals surface area contributed by atoms with Gasteiger partial charge in [0.15, 0.2) is 11.6 Å². The van der Waals surface area contributed by atoms with E-state index in [1.165, 1.54) is 12.1 Å². The lowest BCUT2D eigenvalue weighted by Crippen LogP contribution is -2.27. The Kier molecular flexibility index (Phi) is 3.68. The lowest BCUT2D eigenvalue weighted by atomic mass is 9.87. The first kappa shape index (κ1) is 13.1. The number of hydrogen-bond acceptors (Lipinski definition) is 2. The van der Waals surface area contributed by atoms with Gasteiger partial charge in [0.05, 0.1) is 6.61 Å². The van der Waals surface area contributed by atoms with E-state index in [0.29, 0.717) is 18.5 Å². The number of halogens is 3. The molecule has 0 amide bonds. The molecule has 2 rings (SSSR count). The summed E-state index contributed by atoms with van der Waals surface area (Å²) >= 11 is 0. The molecule has 0 bridgehead atoms. The number of ether oxygens (including phenoxy) is 1. The molecule has 0 heterocycles. The molecule has 1 aliphatic rings. The minimum absolute atomic E-state index is 0.0709. The first-order valence-corrected chi connectivity index (χ1v) is 6.02. The van der Waals surface area contributed by atoms with Crippen molar-refractivity contribution in [1.29, 1.82) is 0 Å². The highest BCUT2D eigenvalue weighted by atomic mass is 19.3. The third kappa shape index (κ3) is 3.31. The van der Waals surface area contributed by atoms with Crippen molar-refractivity contribution < 1.29 is 17.9 Å². The fourth-order valence-electron chi connectivity index (χ4n) is 2.11. The van der Waals surface area contributed by atoms with Crippen molar-refractivity contribution in [2.24, 2.45) is 5.92 Å². The highest BCUT2D eigenvalue weighted by Crippen LogP contribution is 2.36. The molecule has 0 unspecified atom stereocenters. The standard InChI is InChI=1S/C13H16F3NO/c14-11-7-10(17)1-2-12(11)18-8-9-3-5-13(15,16)6-4-9/h1-2,7,9H,3-6,8,17H2. The molecule has 0 saturated heterocycles. The number of hydrogen-bond donors (Lipinski definition) is 1. The maximum atomic E-state index is 13.4. The van der Waals surface area contributed by atoms with E-state index in [0.717, 1.165) is 0 Å². The predicted molar refractivity (Wildman–Crippen MR) is 63.2 cm³/mol. The monoisotopic (exact) mass is 259 g/mol. The van der Waals surface area contributed by atoms with Gasteiger partial charge in [0.1, 0.15) is 0 Å². The molecule has 2 nitrogen and oxygen atoms in total. The van der Waals surface area contributed by atoms with Crippen molar-refractivity contribution in [1.82, 2.24) is 0 Å². The third-order valence-electron chi connectivity index (χ3n) is 3.27. The van der Waals surface area contributed by atoms with Gasteiger partial charge in [-0.3, -0.25) is 0 Å². The molecule has 1 saturated carbocycles. The van der Waals surface area contributed by atoms with Crippen LogP contribution in [0, 0.1) is 11.7 Å². The average Bonchev–Trinajstić information content (AvgIpc) is 2.29. The predicted octanol–water partition coefficient (Wildman–Crippen LogP) is 3.61. The summed E-state index contributed by atoms with van der Waals surface area (Å²) in [5.41, 5.74) is 5.75. The minimum atomic E-state index is -2.54. The first-order valence-electron chi connectivity index (χ1n) is 6.02. The van der Waals surface area contributed by atoms with Gasteiger partial charge in [0.25, 0.3) is 0 Å². The molecular weight excluding hydrogens is 243 g/mol. The Hall–Kier alpha value is -1.39. The van der Waals surface area contributed by atoms with Crippen molar-refractivity contribution in [3.05, 3.63) is 24.0 Å². The van der Waals surface area contributed by atoms with Crippen molar-refractivity contribution in [3.63, 3.8) is 0 Å². The molecular formula is C13H16F3NO. The van der Waals surface area contributed by atoms with Crippen molar-refractivity contribution in [2.75, 3.05) is 12.3 Å². The molecule has 1 aromatic carbocycles. The molecule has 0 aromatic heterocycles. The van der Waals surface area contributed by atoms with Gasteiger partial charge in [0.2, 0.25) is 5.92 Å². The summed E-state index contributed by atoms with van der Waals surface area (Å²) in [5, 5.41) is 0. The van der Waals surface area contributed by atoms with Crippen LogP contribution < -0.4 is 10.5 Å². The Labute approximate surface area is 104 Å². The third-order valence-corrected chi connectivity index (χ3v) is 3.27. The van der Waals surface area contributed by atoms with E-state index in [-0.39, 0.29) is 31.1 Å². The van der Waals surface area contributed by atoms with E-state index in [1.54, 1.807) is 6.07 Å². The van der Waals surface area contributed by atoms with Crippen LogP contribution in [0.25, 0.3) is 0 Å². The van der Waals surface area contributed by atoms with E-state index < -0.39 is 11.7 Å². The van der Waals surface area contributed by atoms with Gasteiger partial charge in [0, 0.05) is 24.6 Å². The minimum Gasteiger partial charge on any atom is -0.490 e. The number of rotatable bonds is 3. The summed E-state index contributed by atoms with van der Waals surface area (Å²) < 4.78 is 44.6. The zero-order valence-electron chi connectivity index (χ0n) is 9.96. The van der Waals surface area contributed by atoms with Crippen LogP contribution in [-0.2, 0) is 0 Å². The Balaban J connectivity index is 1.85. The summed E-state index contributed by atoms with van der Waals surface area (Å²) in [6.45, 7) is 0.275. The molecule has 1 aromatic rings. The van der Waals surface area contributed by atoms with Gasteiger partial charge in [-0.25, -0.2) is 13.2 Å². The largest absolute Gasteiger partial charge is 0.490 e. The van der Waals surface area contributed by atoms with Crippen LogP contribution in [0.4, 0.5) is 18.9 Å². The van der Waals surface area contributed by atoms with Gasteiger partial charge in [-0.05, 0) is 30.9 Å². The Morgan fingerprint density at radius 2 is 1.94 bits per heavy atom. The number of nitrogen functional groups attached to an aromatic ring is 1. The van der Waals surface area contributed by atoms with E-state index in [2.05, 4.69) is 0 Å². The maximum Gasteiger partial charge on any atom is 0.248 e. The van der Waals surface area contributed by atoms with Crippen molar-refractivity contribution >= 4 is 5.69 Å². The zero-order chi connectivity index (χ0) is 13.2. The van der Waals surface area contributed by atoms with Crippen LogP contribution in [0.1, 0.15) is 25.7 Å². The normalized spacial score (nSPS) is 19.7. The van der Waals surface area contributed by atoms with Crippen LogP contribution in [0.2, 0.25) is 0 Å². The van der Waals surface area contributed by atoms with E-state index in [9.17, 15) is 13.2 Å². The summed E-state index contributed by atoms with van der Waals surface area (Å²) in [6, 6.07) is 4.19. The van der Waals surface area contributed by atoms with Gasteiger partial charge in [-0.2, -0.15) is 0 Å². The molecule has 1 fully saturated rings. The Bertz CT molecular complexity index is 413. The van der Waals surface area contributed by atoms with Gasteiger partial charge < -0.3 is 10.5 Å². The molecule has 5 heteroatoms. The summed E-state index contributed by atoms with van der Waals surface area (Å²) in [6.07, 6.45) is 0.629. The van der Waals surface area contributed by atoms with E-state index in [4.69, 9.17) is 10.5 Å².